The number of nitrogens with zero attached hydrogens (tertiary/aromatic N) is 3. The molecule has 1 aromatic rings. The fourth-order valence-corrected chi connectivity index (χ4v) is 1.81. The van der Waals surface area contributed by atoms with Gasteiger partial charge in [0.1, 0.15) is 0 Å². The first-order valence-corrected chi connectivity index (χ1v) is 5.18. The van der Waals surface area contributed by atoms with Crippen LogP contribution in [0.15, 0.2) is 6.20 Å². The number of hydrogen-bond acceptors (Lipinski definition) is 3. The van der Waals surface area contributed by atoms with Gasteiger partial charge in [-0.15, -0.1) is 0 Å². The smallest absolute Gasteiger partial charge is 0.0537 e. The molecule has 2 rings (SSSR count). The van der Waals surface area contributed by atoms with Crippen molar-refractivity contribution in [3.05, 3.63) is 17.5 Å². The van der Waals surface area contributed by atoms with Gasteiger partial charge in [-0.25, -0.2) is 0 Å². The van der Waals surface area contributed by atoms with Crippen LogP contribution in [0.4, 0.5) is 0 Å². The van der Waals surface area contributed by atoms with E-state index >= 15 is 0 Å². The zero-order valence-electron chi connectivity index (χ0n) is 8.95. The van der Waals surface area contributed by atoms with Crippen LogP contribution in [0.25, 0.3) is 0 Å². The normalized spacial score (nSPS) is 18.7. The average Bonchev–Trinajstić information content (AvgIpc) is 2.52. The first kappa shape index (κ1) is 9.68. The minimum absolute atomic E-state index is 1.04. The van der Waals surface area contributed by atoms with E-state index in [9.17, 15) is 0 Å². The number of nitrogens with one attached hydrogen (secondary N) is 1. The molecule has 1 aromatic heterocycles. The maximum absolute atomic E-state index is 4.26. The topological polar surface area (TPSA) is 33.1 Å². The van der Waals surface area contributed by atoms with Gasteiger partial charge in [0.2, 0.25) is 0 Å². The third kappa shape index (κ3) is 1.96. The summed E-state index contributed by atoms with van der Waals surface area (Å²) in [7, 11) is 2.00. The van der Waals surface area contributed by atoms with Crippen molar-refractivity contribution < 1.29 is 0 Å². The monoisotopic (exact) mass is 194 g/mol. The maximum Gasteiger partial charge on any atom is 0.0537 e. The molecule has 4 heteroatoms. The quantitative estimate of drug-likeness (QED) is 0.726. The lowest BCUT2D eigenvalue weighted by Crippen LogP contribution is -2.42. The molecule has 1 fully saturated rings. The first-order valence-electron chi connectivity index (χ1n) is 5.18. The van der Waals surface area contributed by atoms with Crippen molar-refractivity contribution >= 4 is 0 Å². The van der Waals surface area contributed by atoms with Gasteiger partial charge in [-0.2, -0.15) is 5.10 Å². The SMILES string of the molecule is Cc1c(CN2CCNCC2)cnn1C. The molecule has 0 unspecified atom stereocenters. The predicted molar refractivity (Wildman–Crippen MR) is 56.1 cm³/mol. The molecule has 1 aliphatic rings. The second kappa shape index (κ2) is 4.11. The predicted octanol–water partition coefficient (Wildman–Crippen LogP) is 0.134. The van der Waals surface area contributed by atoms with E-state index in [0.29, 0.717) is 0 Å². The summed E-state index contributed by atoms with van der Waals surface area (Å²) in [6.07, 6.45) is 1.98. The maximum atomic E-state index is 4.26. The third-order valence-corrected chi connectivity index (χ3v) is 2.94. The highest BCUT2D eigenvalue weighted by molar-refractivity contribution is 5.15. The number of hydrogen-bond donors (Lipinski definition) is 1. The number of aryl methyl sites for hydroxylation is 1. The van der Waals surface area contributed by atoms with Gasteiger partial charge in [-0.3, -0.25) is 9.58 Å². The minimum atomic E-state index is 1.04. The van der Waals surface area contributed by atoms with Crippen LogP contribution in [0.1, 0.15) is 11.3 Å². The van der Waals surface area contributed by atoms with Crippen molar-refractivity contribution in [3.8, 4) is 0 Å². The largest absolute Gasteiger partial charge is 0.314 e. The fourth-order valence-electron chi connectivity index (χ4n) is 1.81. The summed E-state index contributed by atoms with van der Waals surface area (Å²) in [6, 6.07) is 0. The van der Waals surface area contributed by atoms with Crippen molar-refractivity contribution in [3.63, 3.8) is 0 Å². The molecule has 1 saturated heterocycles. The van der Waals surface area contributed by atoms with E-state index in [1.165, 1.54) is 11.3 Å². The van der Waals surface area contributed by atoms with Crippen LogP contribution in [0.5, 0.6) is 0 Å². The van der Waals surface area contributed by atoms with Crippen LogP contribution in [-0.4, -0.2) is 40.9 Å². The van der Waals surface area contributed by atoms with Crippen LogP contribution >= 0.6 is 0 Å². The van der Waals surface area contributed by atoms with Gasteiger partial charge in [-0.05, 0) is 6.92 Å². The van der Waals surface area contributed by atoms with Crippen molar-refractivity contribution in [2.45, 2.75) is 13.5 Å². The van der Waals surface area contributed by atoms with Crippen LogP contribution in [-0.2, 0) is 13.6 Å². The van der Waals surface area contributed by atoms with Crippen molar-refractivity contribution in [2.75, 3.05) is 26.2 Å². The molecule has 1 N–H and O–H groups in total. The lowest BCUT2D eigenvalue weighted by Gasteiger charge is -2.26. The molecule has 14 heavy (non-hydrogen) atoms. The Hall–Kier alpha value is -0.870. The van der Waals surface area contributed by atoms with Gasteiger partial charge in [-0.1, -0.05) is 0 Å². The summed E-state index contributed by atoms with van der Waals surface area (Å²) in [5.41, 5.74) is 2.64. The molecular weight excluding hydrogens is 176 g/mol. The van der Waals surface area contributed by atoms with Crippen molar-refractivity contribution in [1.82, 2.24) is 20.0 Å². The highest BCUT2D eigenvalue weighted by Gasteiger charge is 2.12. The van der Waals surface area contributed by atoms with Gasteiger partial charge in [0, 0.05) is 51.0 Å². The zero-order valence-corrected chi connectivity index (χ0v) is 8.95. The second-order valence-electron chi connectivity index (χ2n) is 3.90. The molecule has 0 atom stereocenters. The number of piperazine rings is 1. The van der Waals surface area contributed by atoms with E-state index in [1.54, 1.807) is 0 Å². The highest BCUT2D eigenvalue weighted by atomic mass is 15.3. The van der Waals surface area contributed by atoms with E-state index in [0.717, 1.165) is 32.7 Å². The Morgan fingerprint density at radius 3 is 2.71 bits per heavy atom. The summed E-state index contributed by atoms with van der Waals surface area (Å²) in [6.45, 7) is 7.69. The summed E-state index contributed by atoms with van der Waals surface area (Å²) in [4.78, 5) is 2.47. The molecule has 0 amide bonds. The summed E-state index contributed by atoms with van der Waals surface area (Å²) in [5.74, 6) is 0. The Labute approximate surface area is 84.9 Å². The van der Waals surface area contributed by atoms with Gasteiger partial charge in [0.05, 0.1) is 6.20 Å². The first-order chi connectivity index (χ1) is 6.77. The van der Waals surface area contributed by atoms with Crippen LogP contribution in [0, 0.1) is 6.92 Å². The summed E-state index contributed by atoms with van der Waals surface area (Å²) in [5, 5.41) is 7.61. The Morgan fingerprint density at radius 1 is 1.43 bits per heavy atom. The van der Waals surface area contributed by atoms with Gasteiger partial charge < -0.3 is 5.32 Å². The van der Waals surface area contributed by atoms with Gasteiger partial charge >= 0.3 is 0 Å². The molecule has 0 bridgehead atoms. The molecule has 4 nitrogen and oxygen atoms in total. The molecule has 78 valence electrons. The molecule has 0 spiro atoms. The number of aromatic nitrogens is 2. The van der Waals surface area contributed by atoms with Crippen LogP contribution < -0.4 is 5.32 Å². The Bertz CT molecular complexity index is 299. The zero-order chi connectivity index (χ0) is 9.97. The molecule has 1 aliphatic heterocycles. The molecule has 0 radical (unpaired) electrons. The highest BCUT2D eigenvalue weighted by Crippen LogP contribution is 2.09. The molecule has 0 aliphatic carbocycles. The fraction of sp³-hybridized carbons (Fsp3) is 0.700. The Balaban J connectivity index is 1.99. The van der Waals surface area contributed by atoms with Gasteiger partial charge in [0.15, 0.2) is 0 Å². The second-order valence-corrected chi connectivity index (χ2v) is 3.90. The Kier molecular flexibility index (Phi) is 2.84. The van der Waals surface area contributed by atoms with E-state index in [1.807, 2.05) is 17.9 Å². The molecule has 2 heterocycles. The molecular formula is C10H18N4. The van der Waals surface area contributed by atoms with Crippen molar-refractivity contribution in [2.24, 2.45) is 7.05 Å². The van der Waals surface area contributed by atoms with Crippen LogP contribution in [0.3, 0.4) is 0 Å². The Morgan fingerprint density at radius 2 is 2.14 bits per heavy atom. The number of rotatable bonds is 2. The van der Waals surface area contributed by atoms with Crippen molar-refractivity contribution in [1.29, 1.82) is 0 Å². The van der Waals surface area contributed by atoms with E-state index in [-0.39, 0.29) is 0 Å². The average molecular weight is 194 g/mol. The standard InChI is InChI=1S/C10H18N4/c1-9-10(7-12-13(9)2)8-14-5-3-11-4-6-14/h7,11H,3-6,8H2,1-2H3. The van der Waals surface area contributed by atoms with Gasteiger partial charge in [0.25, 0.3) is 0 Å². The summed E-state index contributed by atoms with van der Waals surface area (Å²) >= 11 is 0. The molecule has 0 aromatic carbocycles. The lowest BCUT2D eigenvalue weighted by molar-refractivity contribution is 0.233. The third-order valence-electron chi connectivity index (χ3n) is 2.94. The van der Waals surface area contributed by atoms with E-state index in [4.69, 9.17) is 0 Å². The lowest BCUT2D eigenvalue weighted by atomic mass is 10.2. The van der Waals surface area contributed by atoms with E-state index < -0.39 is 0 Å². The molecule has 0 saturated carbocycles. The van der Waals surface area contributed by atoms with E-state index in [2.05, 4.69) is 22.2 Å². The van der Waals surface area contributed by atoms with Crippen LogP contribution in [0.2, 0.25) is 0 Å². The minimum Gasteiger partial charge on any atom is -0.314 e. The summed E-state index contributed by atoms with van der Waals surface area (Å²) < 4.78 is 1.94.